The van der Waals surface area contributed by atoms with Crippen molar-refractivity contribution in [3.63, 3.8) is 0 Å². The van der Waals surface area contributed by atoms with Crippen molar-refractivity contribution in [2.24, 2.45) is 0 Å². The van der Waals surface area contributed by atoms with E-state index < -0.39 is 0 Å². The molecule has 2 rings (SSSR count). The Morgan fingerprint density at radius 3 is 2.27 bits per heavy atom. The van der Waals surface area contributed by atoms with Gasteiger partial charge in [0, 0.05) is 5.69 Å². The van der Waals surface area contributed by atoms with Crippen LogP contribution in [0.5, 0.6) is 5.75 Å². The second kappa shape index (κ2) is 7.85. The van der Waals surface area contributed by atoms with E-state index in [1.807, 2.05) is 30.3 Å². The Morgan fingerprint density at radius 1 is 1.05 bits per heavy atom. The van der Waals surface area contributed by atoms with Crippen LogP contribution in [0.3, 0.4) is 0 Å². The lowest BCUT2D eigenvalue weighted by Gasteiger charge is -2.15. The lowest BCUT2D eigenvalue weighted by Crippen LogP contribution is -2.21. The van der Waals surface area contributed by atoms with Gasteiger partial charge in [-0.05, 0) is 36.1 Å². The van der Waals surface area contributed by atoms with Crippen LogP contribution in [-0.2, 0) is 17.6 Å². The molecule has 116 valence electrons. The summed E-state index contributed by atoms with van der Waals surface area (Å²) in [5, 5.41) is 3.46. The van der Waals surface area contributed by atoms with Crippen LogP contribution in [0.2, 0.25) is 5.02 Å². The number of amides is 1. The highest BCUT2D eigenvalue weighted by Gasteiger charge is 2.11. The van der Waals surface area contributed by atoms with Gasteiger partial charge in [0.25, 0.3) is 5.91 Å². The molecule has 0 aromatic heterocycles. The fourth-order valence-electron chi connectivity index (χ4n) is 2.28. The second-order valence-corrected chi connectivity index (χ2v) is 5.33. The fraction of sp³-hybridized carbons (Fsp3) is 0.278. The molecule has 0 aliphatic heterocycles. The van der Waals surface area contributed by atoms with Crippen LogP contribution in [0.15, 0.2) is 42.5 Å². The van der Waals surface area contributed by atoms with E-state index in [9.17, 15) is 4.79 Å². The Morgan fingerprint density at radius 2 is 1.68 bits per heavy atom. The third-order valence-corrected chi connectivity index (χ3v) is 3.77. The summed E-state index contributed by atoms with van der Waals surface area (Å²) >= 11 is 6.01. The van der Waals surface area contributed by atoms with Gasteiger partial charge in [-0.25, -0.2) is 0 Å². The molecule has 0 aliphatic carbocycles. The highest BCUT2D eigenvalue weighted by atomic mass is 35.5. The summed E-state index contributed by atoms with van der Waals surface area (Å²) in [4.78, 5) is 12.2. The number of carbonyl (C=O) groups is 1. The Kier molecular flexibility index (Phi) is 5.84. The van der Waals surface area contributed by atoms with Crippen molar-refractivity contribution < 1.29 is 9.53 Å². The van der Waals surface area contributed by atoms with E-state index in [0.717, 1.165) is 29.7 Å². The van der Waals surface area contributed by atoms with Crippen LogP contribution in [0.25, 0.3) is 0 Å². The summed E-state index contributed by atoms with van der Waals surface area (Å²) in [6, 6.07) is 13.2. The van der Waals surface area contributed by atoms with Crippen LogP contribution in [0.4, 0.5) is 5.69 Å². The maximum atomic E-state index is 12.2. The van der Waals surface area contributed by atoms with Gasteiger partial charge in [-0.3, -0.25) is 4.79 Å². The molecule has 0 unspecified atom stereocenters. The average Bonchev–Trinajstić information content (AvgIpc) is 2.54. The molecule has 22 heavy (non-hydrogen) atoms. The Balaban J connectivity index is 2.05. The zero-order valence-electron chi connectivity index (χ0n) is 12.9. The highest BCUT2D eigenvalue weighted by molar-refractivity contribution is 6.32. The maximum Gasteiger partial charge on any atom is 0.262 e. The van der Waals surface area contributed by atoms with E-state index in [2.05, 4.69) is 19.2 Å². The fourth-order valence-corrected chi connectivity index (χ4v) is 2.47. The summed E-state index contributed by atoms with van der Waals surface area (Å²) in [7, 11) is 0. The van der Waals surface area contributed by atoms with Gasteiger partial charge in [0.15, 0.2) is 6.61 Å². The smallest absolute Gasteiger partial charge is 0.262 e. The second-order valence-electron chi connectivity index (χ2n) is 4.93. The molecule has 1 N–H and O–H groups in total. The van der Waals surface area contributed by atoms with Crippen LogP contribution in [0, 0.1) is 0 Å². The number of hydrogen-bond acceptors (Lipinski definition) is 2. The van der Waals surface area contributed by atoms with Crippen molar-refractivity contribution in [3.05, 3.63) is 58.6 Å². The molecule has 0 saturated heterocycles. The number of rotatable bonds is 6. The Hall–Kier alpha value is -2.00. The summed E-state index contributed by atoms with van der Waals surface area (Å²) in [6.45, 7) is 4.08. The monoisotopic (exact) mass is 317 g/mol. The minimum Gasteiger partial charge on any atom is -0.482 e. The lowest BCUT2D eigenvalue weighted by molar-refractivity contribution is -0.118. The van der Waals surface area contributed by atoms with Gasteiger partial charge in [0.05, 0.1) is 5.02 Å². The van der Waals surface area contributed by atoms with Crippen molar-refractivity contribution in [1.82, 2.24) is 0 Å². The molecule has 0 spiro atoms. The molecular formula is C18H20ClNO2. The Labute approximate surface area is 136 Å². The van der Waals surface area contributed by atoms with Gasteiger partial charge in [-0.2, -0.15) is 0 Å². The highest BCUT2D eigenvalue weighted by Crippen LogP contribution is 2.24. The number of anilines is 1. The zero-order chi connectivity index (χ0) is 15.9. The quantitative estimate of drug-likeness (QED) is 0.853. The van der Waals surface area contributed by atoms with Crippen LogP contribution >= 0.6 is 11.6 Å². The van der Waals surface area contributed by atoms with E-state index in [1.165, 1.54) is 0 Å². The van der Waals surface area contributed by atoms with Gasteiger partial charge in [0.1, 0.15) is 5.75 Å². The minimum atomic E-state index is -0.185. The molecule has 0 radical (unpaired) electrons. The van der Waals surface area contributed by atoms with Crippen molar-refractivity contribution in [3.8, 4) is 5.75 Å². The summed E-state index contributed by atoms with van der Waals surface area (Å²) in [5.74, 6) is 0.328. The summed E-state index contributed by atoms with van der Waals surface area (Å²) in [6.07, 6.45) is 1.74. The number of aryl methyl sites for hydroxylation is 2. The lowest BCUT2D eigenvalue weighted by atomic mass is 10.0. The number of nitrogens with one attached hydrogen (secondary N) is 1. The molecule has 4 heteroatoms. The van der Waals surface area contributed by atoms with Crippen molar-refractivity contribution in [2.45, 2.75) is 26.7 Å². The van der Waals surface area contributed by atoms with E-state index >= 15 is 0 Å². The van der Waals surface area contributed by atoms with E-state index in [4.69, 9.17) is 16.3 Å². The number of halogens is 1. The molecule has 2 aromatic rings. The Bertz CT molecular complexity index is 633. The zero-order valence-corrected chi connectivity index (χ0v) is 13.6. The van der Waals surface area contributed by atoms with E-state index in [1.54, 1.807) is 12.1 Å². The standard InChI is InChI=1S/C18H20ClNO2/c1-3-13-8-7-9-14(4-2)18(13)20-17(21)12-22-16-11-6-5-10-15(16)19/h5-11H,3-4,12H2,1-2H3,(H,20,21). The third kappa shape index (κ3) is 4.01. The molecule has 0 bridgehead atoms. The molecule has 2 aromatic carbocycles. The number of benzene rings is 2. The SMILES string of the molecule is CCc1cccc(CC)c1NC(=O)COc1ccccc1Cl. The van der Waals surface area contributed by atoms with Gasteiger partial charge in [-0.15, -0.1) is 0 Å². The van der Waals surface area contributed by atoms with E-state index in [-0.39, 0.29) is 12.5 Å². The molecular weight excluding hydrogens is 298 g/mol. The van der Waals surface area contributed by atoms with Gasteiger partial charge in [-0.1, -0.05) is 55.8 Å². The van der Waals surface area contributed by atoms with Crippen molar-refractivity contribution >= 4 is 23.2 Å². The minimum absolute atomic E-state index is 0.0645. The first-order valence-corrected chi connectivity index (χ1v) is 7.81. The van der Waals surface area contributed by atoms with Crippen LogP contribution in [-0.4, -0.2) is 12.5 Å². The molecule has 0 saturated carbocycles. The number of carbonyl (C=O) groups excluding carboxylic acids is 1. The molecule has 1 amide bonds. The number of para-hydroxylation sites is 2. The topological polar surface area (TPSA) is 38.3 Å². The normalized spacial score (nSPS) is 10.3. The number of ether oxygens (including phenoxy) is 1. The largest absolute Gasteiger partial charge is 0.482 e. The third-order valence-electron chi connectivity index (χ3n) is 3.46. The molecule has 0 atom stereocenters. The van der Waals surface area contributed by atoms with Crippen LogP contribution in [0.1, 0.15) is 25.0 Å². The number of hydrogen-bond donors (Lipinski definition) is 1. The van der Waals surface area contributed by atoms with Crippen molar-refractivity contribution in [1.29, 1.82) is 0 Å². The van der Waals surface area contributed by atoms with Gasteiger partial charge < -0.3 is 10.1 Å². The summed E-state index contributed by atoms with van der Waals surface area (Å²) < 4.78 is 5.47. The maximum absolute atomic E-state index is 12.2. The first-order chi connectivity index (χ1) is 10.7. The molecule has 0 heterocycles. The van der Waals surface area contributed by atoms with Gasteiger partial charge in [0.2, 0.25) is 0 Å². The average molecular weight is 318 g/mol. The first kappa shape index (κ1) is 16.4. The predicted octanol–water partition coefficient (Wildman–Crippen LogP) is 4.48. The van der Waals surface area contributed by atoms with Crippen molar-refractivity contribution in [2.75, 3.05) is 11.9 Å². The molecule has 0 fully saturated rings. The van der Waals surface area contributed by atoms with E-state index in [0.29, 0.717) is 10.8 Å². The van der Waals surface area contributed by atoms with Crippen LogP contribution < -0.4 is 10.1 Å². The van der Waals surface area contributed by atoms with Gasteiger partial charge >= 0.3 is 0 Å². The predicted molar refractivity (Wildman–Crippen MR) is 90.8 cm³/mol. The molecule has 3 nitrogen and oxygen atoms in total. The first-order valence-electron chi connectivity index (χ1n) is 7.43. The molecule has 0 aliphatic rings. The summed E-state index contributed by atoms with van der Waals surface area (Å²) in [5.41, 5.74) is 3.16.